The molecule has 0 bridgehead atoms. The van der Waals surface area contributed by atoms with Gasteiger partial charge in [-0.3, -0.25) is 0 Å². The second-order valence-corrected chi connectivity index (χ2v) is 1.44. The number of rotatable bonds is 0. The molecule has 0 atom stereocenters. The van der Waals surface area contributed by atoms with E-state index < -0.39 is 0 Å². The van der Waals surface area contributed by atoms with Gasteiger partial charge in [0.25, 0.3) is 0 Å². The van der Waals surface area contributed by atoms with E-state index in [0.29, 0.717) is 25.9 Å². The van der Waals surface area contributed by atoms with Crippen LogP contribution in [0.15, 0.2) is 30.3 Å². The number of hydrogen-bond acceptors (Lipinski definition) is 4. The average Bonchev–Trinajstić information content (AvgIpc) is 2.35. The zero-order valence-electron chi connectivity index (χ0n) is 9.14. The molecule has 0 aliphatic rings. The van der Waals surface area contributed by atoms with E-state index in [-0.39, 0.29) is 16.8 Å². The van der Waals surface area contributed by atoms with Crippen LogP contribution >= 0.6 is 0 Å². The van der Waals surface area contributed by atoms with E-state index in [1.165, 1.54) is 0 Å². The van der Waals surface area contributed by atoms with Crippen LogP contribution in [-0.2, 0) is 36.0 Å². The van der Waals surface area contributed by atoms with Gasteiger partial charge in [0.05, 0.1) is 0 Å². The molecule has 1 rings (SSSR count). The molecule has 0 saturated carbocycles. The predicted molar refractivity (Wildman–Crippen MR) is 58.6 cm³/mol. The molecule has 0 saturated heterocycles. The molecule has 8 nitrogen and oxygen atoms in total. The first kappa shape index (κ1) is 30.0. The van der Waals surface area contributed by atoms with E-state index in [4.69, 9.17) is 39.6 Å². The van der Waals surface area contributed by atoms with Gasteiger partial charge in [0.1, 0.15) is 0 Å². The topological polar surface area (TPSA) is 149 Å². The van der Waals surface area contributed by atoms with E-state index >= 15 is 0 Å². The Morgan fingerprint density at radius 3 is 0.895 bits per heavy atom. The fraction of sp³-hybridized carbons (Fsp3) is 0. The summed E-state index contributed by atoms with van der Waals surface area (Å²) in [6, 6.07) is 12.5. The first-order chi connectivity index (χ1) is 8.66. The SMILES string of the molecule is O=[C-]O.O=[C-]O.O=[C-]O.O=[C-]O.[Co].[c-]1ccccc1. The molecular formula is C10H9CoO8-5. The Morgan fingerprint density at radius 1 is 0.632 bits per heavy atom. The maximum atomic E-state index is 8.24. The second-order valence-electron chi connectivity index (χ2n) is 1.44. The van der Waals surface area contributed by atoms with Gasteiger partial charge < -0.3 is 39.6 Å². The predicted octanol–water partition coefficient (Wildman–Crippen LogP) is -0.0693. The summed E-state index contributed by atoms with van der Waals surface area (Å²) in [4.78, 5) is 32.9. The molecule has 1 radical (unpaired) electrons. The zero-order valence-corrected chi connectivity index (χ0v) is 10.2. The largest absolute Gasteiger partial charge is 0.665 e. The Balaban J connectivity index is -0.0000000449. The minimum absolute atomic E-state index is 0. The van der Waals surface area contributed by atoms with Crippen molar-refractivity contribution in [2.45, 2.75) is 0 Å². The van der Waals surface area contributed by atoms with Gasteiger partial charge >= 0.3 is 0 Å². The molecule has 1 aromatic carbocycles. The molecule has 0 heterocycles. The Labute approximate surface area is 119 Å². The summed E-state index contributed by atoms with van der Waals surface area (Å²) in [5, 5.41) is 27.1. The summed E-state index contributed by atoms with van der Waals surface area (Å²) < 4.78 is 0. The van der Waals surface area contributed by atoms with Gasteiger partial charge in [0, 0.05) is 16.8 Å². The molecule has 0 aliphatic carbocycles. The van der Waals surface area contributed by atoms with Gasteiger partial charge in [0.2, 0.25) is 0 Å². The van der Waals surface area contributed by atoms with E-state index in [0.717, 1.165) is 0 Å². The van der Waals surface area contributed by atoms with Crippen LogP contribution in [0, 0.1) is 6.07 Å². The standard InChI is InChI=1S/C6H5.4CHO2.Co/c1-2-4-6-5-3-1;4*2-1-3;/h1-5H;4*(H,2,3);/q5*-1;. The fourth-order valence-corrected chi connectivity index (χ4v) is 0.342. The molecule has 111 valence electrons. The van der Waals surface area contributed by atoms with Crippen molar-refractivity contribution in [2.75, 3.05) is 0 Å². The molecule has 1 aromatic rings. The maximum absolute atomic E-state index is 8.24. The normalized spacial score (nSPS) is 5.05. The summed E-state index contributed by atoms with van der Waals surface area (Å²) in [6.45, 7) is 2.00. The Bertz CT molecular complexity index is 204. The molecule has 9 heteroatoms. The average molecular weight is 316 g/mol. The van der Waals surface area contributed by atoms with Crippen molar-refractivity contribution in [3.8, 4) is 0 Å². The molecule has 0 spiro atoms. The van der Waals surface area contributed by atoms with Crippen molar-refractivity contribution in [1.29, 1.82) is 0 Å². The molecular weight excluding hydrogens is 307 g/mol. The Hall–Kier alpha value is -2.39. The summed E-state index contributed by atoms with van der Waals surface area (Å²) >= 11 is 0. The van der Waals surface area contributed by atoms with Crippen molar-refractivity contribution in [1.82, 2.24) is 0 Å². The van der Waals surface area contributed by atoms with Crippen LogP contribution in [0.2, 0.25) is 0 Å². The van der Waals surface area contributed by atoms with E-state index in [9.17, 15) is 0 Å². The summed E-state index contributed by atoms with van der Waals surface area (Å²) in [7, 11) is 0. The first-order valence-corrected chi connectivity index (χ1v) is 3.62. The van der Waals surface area contributed by atoms with E-state index in [2.05, 4.69) is 6.07 Å². The number of hydrogen-bond donors (Lipinski definition) is 4. The molecule has 0 aliphatic heterocycles. The van der Waals surface area contributed by atoms with Crippen LogP contribution in [0.3, 0.4) is 0 Å². The van der Waals surface area contributed by atoms with Crippen LogP contribution < -0.4 is 0 Å². The van der Waals surface area contributed by atoms with Crippen LogP contribution in [0.1, 0.15) is 0 Å². The van der Waals surface area contributed by atoms with E-state index in [1.54, 1.807) is 0 Å². The van der Waals surface area contributed by atoms with Crippen molar-refractivity contribution < 1.29 is 56.4 Å². The molecule has 19 heavy (non-hydrogen) atoms. The molecule has 0 amide bonds. The van der Waals surface area contributed by atoms with E-state index in [1.807, 2.05) is 30.3 Å². The van der Waals surface area contributed by atoms with Gasteiger partial charge in [0.15, 0.2) is 0 Å². The molecule has 4 N–H and O–H groups in total. The van der Waals surface area contributed by atoms with Crippen LogP contribution in [0.4, 0.5) is 0 Å². The van der Waals surface area contributed by atoms with Crippen LogP contribution in [-0.4, -0.2) is 46.3 Å². The molecule has 0 fully saturated rings. The number of aliphatic hydroxyl groups excluding tert-OH is 4. The summed E-state index contributed by atoms with van der Waals surface area (Å²) in [5.74, 6) is 0. The monoisotopic (exact) mass is 316 g/mol. The second kappa shape index (κ2) is 57.5. The quantitative estimate of drug-likeness (QED) is 0.486. The minimum Gasteiger partial charge on any atom is -0.665 e. The third kappa shape index (κ3) is 222. The number of benzene rings is 1. The smallest absolute Gasteiger partial charge is 0 e. The van der Waals surface area contributed by atoms with Crippen LogP contribution in [0.25, 0.3) is 0 Å². The maximum Gasteiger partial charge on any atom is 0 e. The Morgan fingerprint density at radius 2 is 0.842 bits per heavy atom. The third-order valence-corrected chi connectivity index (χ3v) is 0.607. The molecule has 0 unspecified atom stereocenters. The fourth-order valence-electron chi connectivity index (χ4n) is 0.342. The van der Waals surface area contributed by atoms with Gasteiger partial charge in [-0.15, -0.1) is 0 Å². The van der Waals surface area contributed by atoms with Gasteiger partial charge in [-0.25, -0.2) is 0 Å². The zero-order chi connectivity index (χ0) is 15.1. The summed E-state index contributed by atoms with van der Waals surface area (Å²) in [6.07, 6.45) is 0. The van der Waals surface area contributed by atoms with Crippen LogP contribution in [0.5, 0.6) is 0 Å². The Kier molecular flexibility index (Phi) is 90.9. The van der Waals surface area contributed by atoms with Crippen molar-refractivity contribution >= 4 is 25.9 Å². The van der Waals surface area contributed by atoms with Crippen molar-refractivity contribution in [2.24, 2.45) is 0 Å². The summed E-state index contributed by atoms with van der Waals surface area (Å²) in [5.41, 5.74) is 0. The first-order valence-electron chi connectivity index (χ1n) is 3.62. The van der Waals surface area contributed by atoms with Gasteiger partial charge in [-0.1, -0.05) is 25.9 Å². The van der Waals surface area contributed by atoms with Gasteiger partial charge in [-0.2, -0.15) is 36.4 Å². The third-order valence-electron chi connectivity index (χ3n) is 0.607. The van der Waals surface area contributed by atoms with Crippen molar-refractivity contribution in [3.05, 3.63) is 36.4 Å². The van der Waals surface area contributed by atoms with Crippen molar-refractivity contribution in [3.63, 3.8) is 0 Å². The molecule has 0 aromatic heterocycles. The van der Waals surface area contributed by atoms with Gasteiger partial charge in [-0.05, 0) is 0 Å². The minimum atomic E-state index is 0.